The molecule has 22 heavy (non-hydrogen) atoms. The van der Waals surface area contributed by atoms with Crippen LogP contribution < -0.4 is 5.32 Å². The van der Waals surface area contributed by atoms with Crippen LogP contribution in [0.4, 0.5) is 0 Å². The van der Waals surface area contributed by atoms with Crippen LogP contribution in [0.3, 0.4) is 0 Å². The van der Waals surface area contributed by atoms with Crippen molar-refractivity contribution >= 4 is 15.7 Å². The largest absolute Gasteiger partial charge is 0.352 e. The zero-order valence-electron chi connectivity index (χ0n) is 12.3. The van der Waals surface area contributed by atoms with Crippen molar-refractivity contribution in [2.24, 2.45) is 13.0 Å². The van der Waals surface area contributed by atoms with Crippen molar-refractivity contribution in [3.8, 4) is 5.82 Å². The van der Waals surface area contributed by atoms with Crippen LogP contribution in [-0.2, 0) is 16.9 Å². The lowest BCUT2D eigenvalue weighted by Gasteiger charge is -2.11. The maximum absolute atomic E-state index is 12.4. The Morgan fingerprint density at radius 1 is 1.41 bits per heavy atom. The standard InChI is InChI=1S/C14H18N4O3S/c1-17-14(18-5-2-3-6-18)12(9-16-17)13(19)15-8-11-4-7-22(20,21)10-11/h2-3,5-6,9,11H,4,7-8,10H2,1H3,(H,15,19)/t11-/m0/s1. The van der Waals surface area contributed by atoms with Gasteiger partial charge in [-0.1, -0.05) is 0 Å². The molecule has 1 N–H and O–H groups in total. The minimum Gasteiger partial charge on any atom is -0.352 e. The number of amides is 1. The number of carbonyl (C=O) groups is 1. The number of hydrogen-bond donors (Lipinski definition) is 1. The second-order valence-corrected chi connectivity index (χ2v) is 7.80. The van der Waals surface area contributed by atoms with Crippen molar-refractivity contribution in [3.63, 3.8) is 0 Å². The van der Waals surface area contributed by atoms with E-state index in [1.807, 2.05) is 29.1 Å². The number of aryl methyl sites for hydroxylation is 1. The third-order valence-corrected chi connectivity index (χ3v) is 5.72. The summed E-state index contributed by atoms with van der Waals surface area (Å²) < 4.78 is 26.3. The Bertz CT molecular complexity index is 777. The molecule has 8 heteroatoms. The molecule has 0 aromatic carbocycles. The minimum atomic E-state index is -2.92. The highest BCUT2D eigenvalue weighted by molar-refractivity contribution is 7.91. The van der Waals surface area contributed by atoms with E-state index in [1.165, 1.54) is 6.20 Å². The summed E-state index contributed by atoms with van der Waals surface area (Å²) in [5, 5.41) is 6.96. The van der Waals surface area contributed by atoms with E-state index in [2.05, 4.69) is 10.4 Å². The molecule has 1 saturated heterocycles. The van der Waals surface area contributed by atoms with Gasteiger partial charge < -0.3 is 9.88 Å². The van der Waals surface area contributed by atoms with Gasteiger partial charge in [0.2, 0.25) is 0 Å². The van der Waals surface area contributed by atoms with Crippen molar-refractivity contribution in [1.29, 1.82) is 0 Å². The topological polar surface area (TPSA) is 86.0 Å². The van der Waals surface area contributed by atoms with Crippen LogP contribution in [0.15, 0.2) is 30.7 Å². The van der Waals surface area contributed by atoms with E-state index in [0.717, 1.165) is 0 Å². The van der Waals surface area contributed by atoms with Crippen molar-refractivity contribution in [3.05, 3.63) is 36.3 Å². The molecule has 0 saturated carbocycles. The van der Waals surface area contributed by atoms with Gasteiger partial charge in [0.25, 0.3) is 5.91 Å². The van der Waals surface area contributed by atoms with Gasteiger partial charge in [-0.25, -0.2) is 8.42 Å². The first kappa shape index (κ1) is 14.8. The summed E-state index contributed by atoms with van der Waals surface area (Å²) in [6.07, 6.45) is 5.82. The fraction of sp³-hybridized carbons (Fsp3) is 0.429. The smallest absolute Gasteiger partial charge is 0.256 e. The average molecular weight is 322 g/mol. The van der Waals surface area contributed by atoms with Crippen molar-refractivity contribution in [2.75, 3.05) is 18.1 Å². The lowest BCUT2D eigenvalue weighted by atomic mass is 10.1. The minimum absolute atomic E-state index is 0.000602. The van der Waals surface area contributed by atoms with Crippen molar-refractivity contribution in [1.82, 2.24) is 19.7 Å². The first-order chi connectivity index (χ1) is 10.5. The van der Waals surface area contributed by atoms with E-state index < -0.39 is 9.84 Å². The van der Waals surface area contributed by atoms with Gasteiger partial charge in [-0.15, -0.1) is 0 Å². The molecule has 1 aliphatic heterocycles. The van der Waals surface area contributed by atoms with Gasteiger partial charge in [-0.3, -0.25) is 9.48 Å². The number of nitrogens with one attached hydrogen (secondary N) is 1. The summed E-state index contributed by atoms with van der Waals surface area (Å²) in [6, 6.07) is 3.75. The van der Waals surface area contributed by atoms with Crippen LogP contribution in [0.1, 0.15) is 16.8 Å². The van der Waals surface area contributed by atoms with E-state index in [-0.39, 0.29) is 23.3 Å². The molecule has 118 valence electrons. The van der Waals surface area contributed by atoms with Crippen LogP contribution in [-0.4, -0.2) is 46.7 Å². The fourth-order valence-electron chi connectivity index (χ4n) is 2.74. The quantitative estimate of drug-likeness (QED) is 0.881. The summed E-state index contributed by atoms with van der Waals surface area (Å²) >= 11 is 0. The Balaban J connectivity index is 1.71. The van der Waals surface area contributed by atoms with Crippen LogP contribution in [0.5, 0.6) is 0 Å². The van der Waals surface area contributed by atoms with E-state index >= 15 is 0 Å². The van der Waals surface area contributed by atoms with Gasteiger partial charge in [0.15, 0.2) is 9.84 Å². The molecule has 2 aromatic rings. The number of hydrogen-bond acceptors (Lipinski definition) is 4. The van der Waals surface area contributed by atoms with Crippen molar-refractivity contribution in [2.45, 2.75) is 6.42 Å². The molecule has 0 radical (unpaired) electrons. The number of carbonyl (C=O) groups excluding carboxylic acids is 1. The average Bonchev–Trinajstić information content (AvgIpc) is 3.16. The maximum Gasteiger partial charge on any atom is 0.256 e. The molecule has 0 spiro atoms. The normalized spacial score (nSPS) is 20.1. The summed E-state index contributed by atoms with van der Waals surface area (Å²) in [6.45, 7) is 0.373. The molecule has 2 aromatic heterocycles. The zero-order valence-corrected chi connectivity index (χ0v) is 13.1. The molecule has 3 heterocycles. The van der Waals surface area contributed by atoms with Gasteiger partial charge >= 0.3 is 0 Å². The molecule has 3 rings (SSSR count). The van der Waals surface area contributed by atoms with Crippen LogP contribution in [0.25, 0.3) is 5.82 Å². The summed E-state index contributed by atoms with van der Waals surface area (Å²) in [4.78, 5) is 12.4. The van der Waals surface area contributed by atoms with E-state index in [9.17, 15) is 13.2 Å². The lowest BCUT2D eigenvalue weighted by Crippen LogP contribution is -2.30. The van der Waals surface area contributed by atoms with Crippen LogP contribution in [0, 0.1) is 5.92 Å². The molecule has 0 aliphatic carbocycles. The van der Waals surface area contributed by atoms with E-state index in [0.29, 0.717) is 24.3 Å². The Morgan fingerprint density at radius 3 is 2.77 bits per heavy atom. The third kappa shape index (κ3) is 2.92. The molecular formula is C14H18N4O3S. The molecule has 7 nitrogen and oxygen atoms in total. The SMILES string of the molecule is Cn1ncc(C(=O)NC[C@@H]2CCS(=O)(=O)C2)c1-n1cccc1. The van der Waals surface area contributed by atoms with Gasteiger partial charge in [0.1, 0.15) is 11.4 Å². The highest BCUT2D eigenvalue weighted by Crippen LogP contribution is 2.18. The summed E-state index contributed by atoms with van der Waals surface area (Å²) in [5.41, 5.74) is 0.472. The van der Waals surface area contributed by atoms with Gasteiger partial charge in [0.05, 0.1) is 17.7 Å². The lowest BCUT2D eigenvalue weighted by molar-refractivity contribution is 0.0948. The molecular weight excluding hydrogens is 304 g/mol. The number of aromatic nitrogens is 3. The molecule has 1 aliphatic rings. The monoisotopic (exact) mass is 322 g/mol. The highest BCUT2D eigenvalue weighted by Gasteiger charge is 2.28. The van der Waals surface area contributed by atoms with E-state index in [4.69, 9.17) is 0 Å². The van der Waals surface area contributed by atoms with Gasteiger partial charge in [-0.05, 0) is 24.5 Å². The summed E-state index contributed by atoms with van der Waals surface area (Å²) in [5.74, 6) is 0.822. The molecule has 0 unspecified atom stereocenters. The van der Waals surface area contributed by atoms with Gasteiger partial charge in [0, 0.05) is 26.0 Å². The first-order valence-corrected chi connectivity index (χ1v) is 8.92. The molecule has 1 amide bonds. The highest BCUT2D eigenvalue weighted by atomic mass is 32.2. The molecule has 1 fully saturated rings. The predicted octanol–water partition coefficient (Wildman–Crippen LogP) is 0.375. The van der Waals surface area contributed by atoms with Crippen molar-refractivity contribution < 1.29 is 13.2 Å². The zero-order chi connectivity index (χ0) is 15.7. The predicted molar refractivity (Wildman–Crippen MR) is 81.6 cm³/mol. The number of sulfone groups is 1. The summed E-state index contributed by atoms with van der Waals surface area (Å²) in [7, 11) is -1.15. The Morgan fingerprint density at radius 2 is 2.14 bits per heavy atom. The second-order valence-electron chi connectivity index (χ2n) is 5.57. The first-order valence-electron chi connectivity index (χ1n) is 7.10. The Kier molecular flexibility index (Phi) is 3.78. The molecule has 0 bridgehead atoms. The van der Waals surface area contributed by atoms with Gasteiger partial charge in [-0.2, -0.15) is 5.10 Å². The Hall–Kier alpha value is -2.09. The van der Waals surface area contributed by atoms with Crippen LogP contribution in [0.2, 0.25) is 0 Å². The maximum atomic E-state index is 12.4. The number of rotatable bonds is 4. The Labute approximate surface area is 128 Å². The van der Waals surface area contributed by atoms with E-state index in [1.54, 1.807) is 11.7 Å². The fourth-order valence-corrected chi connectivity index (χ4v) is 4.60. The van der Waals surface area contributed by atoms with Crippen LogP contribution >= 0.6 is 0 Å². The number of nitrogens with zero attached hydrogens (tertiary/aromatic N) is 3. The second kappa shape index (κ2) is 5.60. The molecule has 1 atom stereocenters. The third-order valence-electron chi connectivity index (χ3n) is 3.88.